The summed E-state index contributed by atoms with van der Waals surface area (Å²) in [6.07, 6.45) is 1.65. The van der Waals surface area contributed by atoms with Crippen molar-refractivity contribution < 1.29 is 9.53 Å². The first-order valence-corrected chi connectivity index (χ1v) is 9.03. The average molecular weight is 369 g/mol. The molecule has 1 aromatic carbocycles. The molecule has 0 saturated heterocycles. The Kier molecular flexibility index (Phi) is 5.80. The lowest BCUT2D eigenvalue weighted by Gasteiger charge is -2.09. The first-order valence-electron chi connectivity index (χ1n) is 8.15. The Morgan fingerprint density at radius 3 is 2.77 bits per heavy atom. The molecule has 0 atom stereocenters. The van der Waals surface area contributed by atoms with Gasteiger partial charge >= 0.3 is 4.87 Å². The van der Waals surface area contributed by atoms with Gasteiger partial charge in [0.25, 0.3) is 0 Å². The van der Waals surface area contributed by atoms with E-state index in [9.17, 15) is 9.59 Å². The lowest BCUT2D eigenvalue weighted by Crippen LogP contribution is -2.30. The molecular weight excluding hydrogens is 350 g/mol. The summed E-state index contributed by atoms with van der Waals surface area (Å²) < 4.78 is 7.15. The summed E-state index contributed by atoms with van der Waals surface area (Å²) in [7, 11) is 0. The van der Waals surface area contributed by atoms with Gasteiger partial charge in [0.2, 0.25) is 11.8 Å². The molecule has 0 saturated carbocycles. The maximum Gasteiger partial charge on any atom is 0.307 e. The highest BCUT2D eigenvalue weighted by Gasteiger charge is 2.08. The number of aromatic nitrogens is 2. The van der Waals surface area contributed by atoms with Gasteiger partial charge in [-0.1, -0.05) is 41.7 Å². The maximum absolute atomic E-state index is 12.1. The molecule has 0 unspecified atom stereocenters. The van der Waals surface area contributed by atoms with Gasteiger partial charge in [0.1, 0.15) is 13.2 Å². The Balaban J connectivity index is 1.53. The number of amides is 1. The summed E-state index contributed by atoms with van der Waals surface area (Å²) in [4.78, 5) is 27.8. The predicted molar refractivity (Wildman–Crippen MR) is 100 cm³/mol. The zero-order chi connectivity index (χ0) is 18.4. The second-order valence-corrected chi connectivity index (χ2v) is 6.60. The van der Waals surface area contributed by atoms with Crippen molar-refractivity contribution in [1.82, 2.24) is 14.9 Å². The lowest BCUT2D eigenvalue weighted by molar-refractivity contribution is -0.121. The number of hydrogen-bond acceptors (Lipinski definition) is 5. The molecule has 0 bridgehead atoms. The molecule has 0 radical (unpaired) electrons. The van der Waals surface area contributed by atoms with Crippen LogP contribution in [-0.2, 0) is 24.5 Å². The van der Waals surface area contributed by atoms with Crippen LogP contribution in [0.2, 0.25) is 0 Å². The van der Waals surface area contributed by atoms with Crippen LogP contribution in [0.5, 0.6) is 5.88 Å². The Morgan fingerprint density at radius 1 is 1.23 bits per heavy atom. The average Bonchev–Trinajstić information content (AvgIpc) is 2.98. The standard InChI is InChI=1S/C19H19N3O3S/c1-14-13-26-19(24)22(14)11-17(23)21-10-16-7-8-20-18(9-16)25-12-15-5-3-2-4-6-15/h2-9,13H,10-12H2,1H3,(H,21,23). The van der Waals surface area contributed by atoms with E-state index >= 15 is 0 Å². The zero-order valence-corrected chi connectivity index (χ0v) is 15.2. The number of carbonyl (C=O) groups excluding carboxylic acids is 1. The zero-order valence-electron chi connectivity index (χ0n) is 14.3. The molecule has 0 aliphatic heterocycles. The van der Waals surface area contributed by atoms with Gasteiger partial charge in [-0.3, -0.25) is 14.2 Å². The third-order valence-electron chi connectivity index (χ3n) is 3.80. The second kappa shape index (κ2) is 8.44. The fraction of sp³-hybridized carbons (Fsp3) is 0.211. The summed E-state index contributed by atoms with van der Waals surface area (Å²) in [5.74, 6) is 0.294. The van der Waals surface area contributed by atoms with Crippen molar-refractivity contribution in [3.8, 4) is 5.88 Å². The number of pyridine rings is 1. The number of carbonyl (C=O) groups is 1. The van der Waals surface area contributed by atoms with E-state index < -0.39 is 0 Å². The first-order chi connectivity index (χ1) is 12.6. The summed E-state index contributed by atoms with van der Waals surface area (Å²) in [6, 6.07) is 13.5. The van der Waals surface area contributed by atoms with Crippen molar-refractivity contribution >= 4 is 17.2 Å². The number of hydrogen-bond donors (Lipinski definition) is 1. The van der Waals surface area contributed by atoms with Gasteiger partial charge in [-0.05, 0) is 24.1 Å². The number of aryl methyl sites for hydroxylation is 1. The van der Waals surface area contributed by atoms with Gasteiger partial charge < -0.3 is 10.1 Å². The van der Waals surface area contributed by atoms with Crippen LogP contribution in [0.4, 0.5) is 0 Å². The van der Waals surface area contributed by atoms with Crippen LogP contribution in [0.25, 0.3) is 0 Å². The quantitative estimate of drug-likeness (QED) is 0.694. The first kappa shape index (κ1) is 17.9. The van der Waals surface area contributed by atoms with Crippen LogP contribution in [0.1, 0.15) is 16.8 Å². The van der Waals surface area contributed by atoms with Gasteiger partial charge in [0, 0.05) is 29.9 Å². The summed E-state index contributed by atoms with van der Waals surface area (Å²) in [5, 5.41) is 4.56. The minimum absolute atomic E-state index is 0.0244. The van der Waals surface area contributed by atoms with Crippen LogP contribution in [0.15, 0.2) is 58.8 Å². The van der Waals surface area contributed by atoms with Crippen molar-refractivity contribution in [2.24, 2.45) is 0 Å². The highest BCUT2D eigenvalue weighted by Crippen LogP contribution is 2.12. The van der Waals surface area contributed by atoms with E-state index in [0.29, 0.717) is 19.0 Å². The number of benzene rings is 1. The van der Waals surface area contributed by atoms with Gasteiger partial charge in [-0.25, -0.2) is 4.98 Å². The highest BCUT2D eigenvalue weighted by atomic mass is 32.1. The molecule has 2 heterocycles. The number of rotatable bonds is 7. The fourth-order valence-electron chi connectivity index (χ4n) is 2.37. The molecule has 134 valence electrons. The van der Waals surface area contributed by atoms with Gasteiger partial charge in [-0.2, -0.15) is 0 Å². The van der Waals surface area contributed by atoms with E-state index in [1.54, 1.807) is 17.6 Å². The molecule has 2 aromatic heterocycles. The smallest absolute Gasteiger partial charge is 0.307 e. The van der Waals surface area contributed by atoms with E-state index in [4.69, 9.17) is 4.74 Å². The van der Waals surface area contributed by atoms with E-state index in [1.165, 1.54) is 4.57 Å². The fourth-order valence-corrected chi connectivity index (χ4v) is 3.10. The van der Waals surface area contributed by atoms with Crippen LogP contribution in [0.3, 0.4) is 0 Å². The third kappa shape index (κ3) is 4.80. The van der Waals surface area contributed by atoms with E-state index in [-0.39, 0.29) is 17.3 Å². The van der Waals surface area contributed by atoms with Crippen LogP contribution in [0, 0.1) is 6.92 Å². The molecule has 0 spiro atoms. The molecule has 3 aromatic rings. The molecule has 3 rings (SSSR count). The summed E-state index contributed by atoms with van der Waals surface area (Å²) in [6.45, 7) is 2.62. The van der Waals surface area contributed by atoms with Crippen molar-refractivity contribution in [2.45, 2.75) is 26.6 Å². The molecule has 26 heavy (non-hydrogen) atoms. The predicted octanol–water partition coefficient (Wildman–Crippen LogP) is 2.51. The van der Waals surface area contributed by atoms with E-state index in [1.807, 2.05) is 43.3 Å². The van der Waals surface area contributed by atoms with Crippen molar-refractivity contribution in [3.63, 3.8) is 0 Å². The largest absolute Gasteiger partial charge is 0.473 e. The molecule has 1 N–H and O–H groups in total. The minimum atomic E-state index is -0.211. The third-order valence-corrected chi connectivity index (χ3v) is 4.68. The van der Waals surface area contributed by atoms with E-state index in [0.717, 1.165) is 28.2 Å². The second-order valence-electron chi connectivity index (χ2n) is 5.78. The Hall–Kier alpha value is -2.93. The summed E-state index contributed by atoms with van der Waals surface area (Å²) in [5.41, 5.74) is 2.73. The van der Waals surface area contributed by atoms with Gasteiger partial charge in [0.15, 0.2) is 0 Å². The van der Waals surface area contributed by atoms with Gasteiger partial charge in [-0.15, -0.1) is 0 Å². The van der Waals surface area contributed by atoms with Crippen molar-refractivity contribution in [1.29, 1.82) is 0 Å². The molecular formula is C19H19N3O3S. The van der Waals surface area contributed by atoms with Crippen LogP contribution < -0.4 is 14.9 Å². The number of ether oxygens (including phenoxy) is 1. The monoisotopic (exact) mass is 369 g/mol. The molecule has 7 heteroatoms. The number of nitrogens with one attached hydrogen (secondary N) is 1. The number of thiazole rings is 1. The molecule has 0 aliphatic carbocycles. The number of nitrogens with zero attached hydrogens (tertiary/aromatic N) is 2. The minimum Gasteiger partial charge on any atom is -0.473 e. The summed E-state index contributed by atoms with van der Waals surface area (Å²) >= 11 is 1.10. The normalized spacial score (nSPS) is 10.5. The van der Waals surface area contributed by atoms with Crippen molar-refractivity contribution in [2.75, 3.05) is 0 Å². The van der Waals surface area contributed by atoms with Crippen molar-refractivity contribution in [3.05, 3.63) is 80.5 Å². The Labute approximate surface area is 155 Å². The van der Waals surface area contributed by atoms with Crippen LogP contribution >= 0.6 is 11.3 Å². The topological polar surface area (TPSA) is 73.2 Å². The Bertz CT molecular complexity index is 934. The highest BCUT2D eigenvalue weighted by molar-refractivity contribution is 7.07. The maximum atomic E-state index is 12.1. The molecule has 0 fully saturated rings. The molecule has 0 aliphatic rings. The van der Waals surface area contributed by atoms with Gasteiger partial charge in [0.05, 0.1) is 0 Å². The van der Waals surface area contributed by atoms with Crippen LogP contribution in [-0.4, -0.2) is 15.5 Å². The molecule has 6 nitrogen and oxygen atoms in total. The lowest BCUT2D eigenvalue weighted by atomic mass is 10.2. The van der Waals surface area contributed by atoms with E-state index in [2.05, 4.69) is 10.3 Å². The molecule has 1 amide bonds. The Morgan fingerprint density at radius 2 is 2.04 bits per heavy atom. The SMILES string of the molecule is Cc1csc(=O)n1CC(=O)NCc1ccnc(OCc2ccccc2)c1.